The molecule has 0 bridgehead atoms. The number of hydrogen-bond acceptors (Lipinski definition) is 4. The van der Waals surface area contributed by atoms with Gasteiger partial charge in [-0.05, 0) is 30.3 Å². The summed E-state index contributed by atoms with van der Waals surface area (Å²) in [5.41, 5.74) is 3.57. The van der Waals surface area contributed by atoms with Gasteiger partial charge in [0.15, 0.2) is 0 Å². The third kappa shape index (κ3) is 4.31. The van der Waals surface area contributed by atoms with Crippen LogP contribution in [0.2, 0.25) is 5.02 Å². The number of amides is 1. The zero-order valence-corrected chi connectivity index (χ0v) is 16.9. The zero-order chi connectivity index (χ0) is 20.9. The molecule has 1 amide bonds. The summed E-state index contributed by atoms with van der Waals surface area (Å²) in [6.45, 7) is 0. The number of nitrogens with one attached hydrogen (secondary N) is 1. The van der Waals surface area contributed by atoms with Crippen molar-refractivity contribution < 1.29 is 9.53 Å². The number of hydrogen-bond donors (Lipinski definition) is 1. The lowest BCUT2D eigenvalue weighted by Gasteiger charge is -2.11. The average Bonchev–Trinajstić information content (AvgIpc) is 2.80. The molecule has 4 rings (SSSR count). The maximum Gasteiger partial charge on any atom is 0.261 e. The van der Waals surface area contributed by atoms with Crippen LogP contribution in [0.5, 0.6) is 5.75 Å². The Hall–Kier alpha value is -3.70. The molecule has 4 aromatic rings. The van der Waals surface area contributed by atoms with Gasteiger partial charge < -0.3 is 4.74 Å². The van der Waals surface area contributed by atoms with Crippen LogP contribution >= 0.6 is 11.6 Å². The molecule has 0 atom stereocenters. The number of nitrogens with zero attached hydrogens (tertiary/aromatic N) is 2. The first-order valence-corrected chi connectivity index (χ1v) is 9.66. The van der Waals surface area contributed by atoms with E-state index in [-0.39, 0.29) is 11.9 Å². The Balaban J connectivity index is 1.76. The monoisotopic (exact) mass is 415 g/mol. The Morgan fingerprint density at radius 3 is 2.10 bits per heavy atom. The van der Waals surface area contributed by atoms with Crippen LogP contribution in [0.3, 0.4) is 0 Å². The van der Waals surface area contributed by atoms with Crippen molar-refractivity contribution >= 4 is 23.5 Å². The molecule has 1 heterocycles. The van der Waals surface area contributed by atoms with E-state index in [0.29, 0.717) is 27.7 Å². The first kappa shape index (κ1) is 19.6. The number of para-hydroxylation sites is 1. The van der Waals surface area contributed by atoms with E-state index >= 15 is 0 Å². The van der Waals surface area contributed by atoms with Crippen molar-refractivity contribution in [1.29, 1.82) is 0 Å². The molecule has 0 radical (unpaired) electrons. The Labute approximate surface area is 179 Å². The third-order valence-corrected chi connectivity index (χ3v) is 4.76. The van der Waals surface area contributed by atoms with Gasteiger partial charge in [0.05, 0.1) is 24.1 Å². The number of carbonyl (C=O) groups excluding carboxylic acids is 1. The van der Waals surface area contributed by atoms with E-state index in [1.54, 1.807) is 36.4 Å². The van der Waals surface area contributed by atoms with Gasteiger partial charge in [-0.3, -0.25) is 10.1 Å². The molecule has 0 spiro atoms. The highest BCUT2D eigenvalue weighted by molar-refractivity contribution is 6.30. The Morgan fingerprint density at radius 2 is 1.43 bits per heavy atom. The maximum absolute atomic E-state index is 12.8. The number of benzene rings is 3. The van der Waals surface area contributed by atoms with E-state index < -0.39 is 0 Å². The first-order chi connectivity index (χ1) is 14.6. The summed E-state index contributed by atoms with van der Waals surface area (Å²) in [7, 11) is 1.53. The van der Waals surface area contributed by atoms with E-state index in [0.717, 1.165) is 11.1 Å². The highest BCUT2D eigenvalue weighted by atomic mass is 35.5. The predicted molar refractivity (Wildman–Crippen MR) is 119 cm³/mol. The van der Waals surface area contributed by atoms with Gasteiger partial charge in [0.1, 0.15) is 5.75 Å². The van der Waals surface area contributed by atoms with Crippen molar-refractivity contribution in [2.24, 2.45) is 0 Å². The zero-order valence-electron chi connectivity index (χ0n) is 16.2. The average molecular weight is 416 g/mol. The van der Waals surface area contributed by atoms with Gasteiger partial charge in [-0.25, -0.2) is 9.97 Å². The fraction of sp³-hybridized carbons (Fsp3) is 0.0417. The van der Waals surface area contributed by atoms with Gasteiger partial charge in [0.2, 0.25) is 5.95 Å². The van der Waals surface area contributed by atoms with Gasteiger partial charge in [-0.2, -0.15) is 0 Å². The normalized spacial score (nSPS) is 10.5. The second kappa shape index (κ2) is 8.76. The summed E-state index contributed by atoms with van der Waals surface area (Å²) in [5.74, 6) is 0.337. The molecule has 30 heavy (non-hydrogen) atoms. The van der Waals surface area contributed by atoms with Crippen molar-refractivity contribution in [2.45, 2.75) is 0 Å². The number of halogens is 1. The van der Waals surface area contributed by atoms with Crippen molar-refractivity contribution in [2.75, 3.05) is 12.4 Å². The minimum Gasteiger partial charge on any atom is -0.496 e. The molecule has 0 aliphatic heterocycles. The van der Waals surface area contributed by atoms with Gasteiger partial charge >= 0.3 is 0 Å². The highest BCUT2D eigenvalue weighted by Gasteiger charge is 2.15. The number of rotatable bonds is 5. The molecule has 0 saturated carbocycles. The highest BCUT2D eigenvalue weighted by Crippen LogP contribution is 2.27. The van der Waals surface area contributed by atoms with Crippen LogP contribution in [-0.2, 0) is 0 Å². The van der Waals surface area contributed by atoms with Crippen LogP contribution in [0.1, 0.15) is 10.4 Å². The second-order valence-electron chi connectivity index (χ2n) is 6.49. The van der Waals surface area contributed by atoms with Gasteiger partial charge in [0, 0.05) is 16.1 Å². The van der Waals surface area contributed by atoms with Gasteiger partial charge in [-0.1, -0.05) is 66.2 Å². The molecule has 6 heteroatoms. The quantitative estimate of drug-likeness (QED) is 0.452. The van der Waals surface area contributed by atoms with Crippen molar-refractivity contribution in [1.82, 2.24) is 9.97 Å². The van der Waals surface area contributed by atoms with Gasteiger partial charge in [0.25, 0.3) is 5.91 Å². The molecule has 0 aliphatic rings. The van der Waals surface area contributed by atoms with Crippen molar-refractivity contribution in [3.05, 3.63) is 95.5 Å². The second-order valence-corrected chi connectivity index (χ2v) is 6.93. The Bertz CT molecular complexity index is 1180. The molecule has 0 unspecified atom stereocenters. The van der Waals surface area contributed by atoms with Crippen LogP contribution < -0.4 is 10.1 Å². The summed E-state index contributed by atoms with van der Waals surface area (Å²) >= 11 is 6.02. The van der Waals surface area contributed by atoms with Crippen LogP contribution in [0.15, 0.2) is 84.9 Å². The Morgan fingerprint density at radius 1 is 0.833 bits per heavy atom. The lowest BCUT2D eigenvalue weighted by atomic mass is 10.1. The number of methoxy groups -OCH3 is 1. The minimum atomic E-state index is -0.347. The summed E-state index contributed by atoms with van der Waals surface area (Å²) < 4.78 is 5.29. The van der Waals surface area contributed by atoms with Crippen LogP contribution in [0.4, 0.5) is 5.95 Å². The van der Waals surface area contributed by atoms with E-state index in [1.807, 2.05) is 48.5 Å². The molecular weight excluding hydrogens is 398 g/mol. The molecule has 3 aromatic carbocycles. The van der Waals surface area contributed by atoms with E-state index in [1.165, 1.54) is 7.11 Å². The molecule has 148 valence electrons. The molecule has 1 N–H and O–H groups in total. The fourth-order valence-electron chi connectivity index (χ4n) is 3.03. The third-order valence-electron chi connectivity index (χ3n) is 4.51. The summed E-state index contributed by atoms with van der Waals surface area (Å²) in [4.78, 5) is 22.0. The minimum absolute atomic E-state index is 0.206. The number of ether oxygens (including phenoxy) is 1. The van der Waals surface area contributed by atoms with Crippen LogP contribution in [0.25, 0.3) is 22.5 Å². The van der Waals surface area contributed by atoms with Crippen LogP contribution in [-0.4, -0.2) is 23.0 Å². The molecular formula is C24H18ClN3O2. The standard InChI is InChI=1S/C24H18ClN3O2/c1-30-22-10-6-5-9-19(22)23(29)28-24-26-20(16-7-3-2-4-8-16)15-21(27-24)17-11-13-18(25)14-12-17/h2-15H,1H3,(H,26,27,28,29). The van der Waals surface area contributed by atoms with E-state index in [9.17, 15) is 4.79 Å². The maximum atomic E-state index is 12.8. The molecule has 0 fully saturated rings. The lowest BCUT2D eigenvalue weighted by molar-refractivity contribution is 0.102. The number of aromatic nitrogens is 2. The molecule has 0 saturated heterocycles. The summed E-state index contributed by atoms with van der Waals surface area (Å²) in [6, 6.07) is 26.0. The number of carbonyl (C=O) groups is 1. The van der Waals surface area contributed by atoms with E-state index in [4.69, 9.17) is 16.3 Å². The topological polar surface area (TPSA) is 64.1 Å². The van der Waals surface area contributed by atoms with Crippen molar-refractivity contribution in [3.8, 4) is 28.3 Å². The van der Waals surface area contributed by atoms with Gasteiger partial charge in [-0.15, -0.1) is 0 Å². The predicted octanol–water partition coefficient (Wildman–Crippen LogP) is 5.72. The molecule has 1 aromatic heterocycles. The van der Waals surface area contributed by atoms with Crippen molar-refractivity contribution in [3.63, 3.8) is 0 Å². The molecule has 0 aliphatic carbocycles. The Kier molecular flexibility index (Phi) is 5.72. The summed E-state index contributed by atoms with van der Waals surface area (Å²) in [5, 5.41) is 3.44. The number of anilines is 1. The smallest absolute Gasteiger partial charge is 0.261 e. The van der Waals surface area contributed by atoms with Crippen LogP contribution in [0, 0.1) is 0 Å². The van der Waals surface area contributed by atoms with E-state index in [2.05, 4.69) is 15.3 Å². The fourth-order valence-corrected chi connectivity index (χ4v) is 3.16. The summed E-state index contributed by atoms with van der Waals surface area (Å²) in [6.07, 6.45) is 0. The largest absolute Gasteiger partial charge is 0.496 e. The SMILES string of the molecule is COc1ccccc1C(=O)Nc1nc(-c2ccccc2)cc(-c2ccc(Cl)cc2)n1. The molecule has 5 nitrogen and oxygen atoms in total. The lowest BCUT2D eigenvalue weighted by Crippen LogP contribution is -2.15. The first-order valence-electron chi connectivity index (χ1n) is 9.29.